The molecule has 1 atom stereocenters. The Bertz CT molecular complexity index is 795. The molecular weight excluding hydrogens is 302 g/mol. The molecule has 0 spiro atoms. The van der Waals surface area contributed by atoms with Crippen LogP contribution in [-0.2, 0) is 0 Å². The van der Waals surface area contributed by atoms with Crippen molar-refractivity contribution >= 4 is 11.9 Å². The van der Waals surface area contributed by atoms with Crippen LogP contribution in [0, 0.1) is 11.3 Å². The Morgan fingerprint density at radius 1 is 1.04 bits per heavy atom. The predicted octanol–water partition coefficient (Wildman–Crippen LogP) is 3.83. The third kappa shape index (κ3) is 3.18. The maximum atomic E-state index is 12.6. The van der Waals surface area contributed by atoms with Crippen LogP contribution in [-0.4, -0.2) is 23.5 Å². The van der Waals surface area contributed by atoms with E-state index in [1.807, 2.05) is 6.07 Å². The number of carbonyl (C=O) groups excluding carboxylic acids is 1. The molecule has 0 heterocycles. The van der Waals surface area contributed by atoms with Crippen LogP contribution in [0.4, 0.5) is 0 Å². The molecule has 1 fully saturated rings. The fourth-order valence-electron chi connectivity index (χ4n) is 3.06. The molecule has 1 unspecified atom stereocenters. The zero-order valence-corrected chi connectivity index (χ0v) is 13.9. The summed E-state index contributed by atoms with van der Waals surface area (Å²) < 4.78 is 0. The average molecular weight is 323 g/mol. The summed E-state index contributed by atoms with van der Waals surface area (Å²) in [5, 5.41) is 12.4. The molecule has 3 rings (SSSR count). The van der Waals surface area contributed by atoms with E-state index in [1.165, 1.54) is 0 Å². The van der Waals surface area contributed by atoms with E-state index in [9.17, 15) is 14.7 Å². The number of amides is 1. The molecular formula is C20H21NO3. The maximum absolute atomic E-state index is 12.6. The topological polar surface area (TPSA) is 66.4 Å². The van der Waals surface area contributed by atoms with E-state index in [4.69, 9.17) is 0 Å². The maximum Gasteiger partial charge on any atom is 0.336 e. The summed E-state index contributed by atoms with van der Waals surface area (Å²) >= 11 is 0. The van der Waals surface area contributed by atoms with E-state index >= 15 is 0 Å². The van der Waals surface area contributed by atoms with Gasteiger partial charge in [0.2, 0.25) is 0 Å². The highest BCUT2D eigenvalue weighted by molar-refractivity contribution is 6.04. The molecule has 1 saturated carbocycles. The van der Waals surface area contributed by atoms with Crippen LogP contribution in [0.5, 0.6) is 0 Å². The van der Waals surface area contributed by atoms with Gasteiger partial charge in [0.15, 0.2) is 0 Å². The average Bonchev–Trinajstić information content (AvgIpc) is 3.19. The first kappa shape index (κ1) is 16.2. The van der Waals surface area contributed by atoms with Gasteiger partial charge < -0.3 is 10.4 Å². The summed E-state index contributed by atoms with van der Waals surface area (Å²) in [5.74, 6) is -0.644. The number of carbonyl (C=O) groups is 2. The zero-order chi connectivity index (χ0) is 17.3. The number of nitrogens with one attached hydrogen (secondary N) is 1. The van der Waals surface area contributed by atoms with Gasteiger partial charge >= 0.3 is 5.97 Å². The Morgan fingerprint density at radius 3 is 2.08 bits per heavy atom. The fraction of sp³-hybridized carbons (Fsp3) is 0.300. The monoisotopic (exact) mass is 323 g/mol. The molecule has 4 heteroatoms. The van der Waals surface area contributed by atoms with Gasteiger partial charge in [-0.05, 0) is 41.0 Å². The highest BCUT2D eigenvalue weighted by atomic mass is 16.4. The van der Waals surface area contributed by atoms with Gasteiger partial charge in [-0.2, -0.15) is 0 Å². The van der Waals surface area contributed by atoms with Crippen LogP contribution in [0.15, 0.2) is 48.5 Å². The van der Waals surface area contributed by atoms with E-state index in [2.05, 4.69) is 19.2 Å². The number of carboxylic acids is 1. The molecule has 4 nitrogen and oxygen atoms in total. The van der Waals surface area contributed by atoms with Gasteiger partial charge in [0.05, 0.1) is 5.56 Å². The standard InChI is InChI=1S/C20H21NO3/c1-20(2)11-13(20)12-21-18(22)16-9-5-3-7-14(16)15-8-4-6-10-17(15)19(23)24/h3-10,13H,11-12H2,1-2H3,(H,21,22)(H,23,24). The molecule has 0 aromatic heterocycles. The van der Waals surface area contributed by atoms with Crippen molar-refractivity contribution in [2.24, 2.45) is 11.3 Å². The normalized spacial score (nSPS) is 18.0. The minimum Gasteiger partial charge on any atom is -0.478 e. The van der Waals surface area contributed by atoms with Crippen LogP contribution in [0.25, 0.3) is 11.1 Å². The summed E-state index contributed by atoms with van der Waals surface area (Å²) in [6, 6.07) is 13.9. The summed E-state index contributed by atoms with van der Waals surface area (Å²) in [7, 11) is 0. The molecule has 0 aliphatic heterocycles. The van der Waals surface area contributed by atoms with E-state index in [1.54, 1.807) is 42.5 Å². The lowest BCUT2D eigenvalue weighted by Gasteiger charge is -2.12. The van der Waals surface area contributed by atoms with Crippen molar-refractivity contribution in [3.8, 4) is 11.1 Å². The van der Waals surface area contributed by atoms with Gasteiger partial charge in [0, 0.05) is 12.1 Å². The molecule has 124 valence electrons. The third-order valence-electron chi connectivity index (χ3n) is 4.85. The van der Waals surface area contributed by atoms with Gasteiger partial charge in [-0.3, -0.25) is 4.79 Å². The number of aromatic carboxylic acids is 1. The van der Waals surface area contributed by atoms with E-state index in [0.717, 1.165) is 6.42 Å². The molecule has 0 bridgehead atoms. The van der Waals surface area contributed by atoms with Gasteiger partial charge in [-0.15, -0.1) is 0 Å². The third-order valence-corrected chi connectivity index (χ3v) is 4.85. The second kappa shape index (κ2) is 6.11. The lowest BCUT2D eigenvalue weighted by atomic mass is 9.95. The first-order valence-electron chi connectivity index (χ1n) is 8.10. The summed E-state index contributed by atoms with van der Waals surface area (Å²) in [4.78, 5) is 24.1. The molecule has 24 heavy (non-hydrogen) atoms. The number of rotatable bonds is 5. The minimum absolute atomic E-state index is 0.159. The molecule has 1 aliphatic carbocycles. The highest BCUT2D eigenvalue weighted by Gasteiger charge is 2.45. The molecule has 2 N–H and O–H groups in total. The lowest BCUT2D eigenvalue weighted by Crippen LogP contribution is -2.27. The summed E-state index contributed by atoms with van der Waals surface area (Å²) in [5.41, 5.74) is 2.21. The molecule has 2 aromatic rings. The van der Waals surface area contributed by atoms with E-state index < -0.39 is 5.97 Å². The van der Waals surface area contributed by atoms with Gasteiger partial charge in [0.1, 0.15) is 0 Å². The molecule has 0 saturated heterocycles. The Labute approximate surface area is 141 Å². The number of benzene rings is 2. The molecule has 2 aromatic carbocycles. The van der Waals surface area contributed by atoms with Crippen molar-refractivity contribution in [3.63, 3.8) is 0 Å². The first-order valence-corrected chi connectivity index (χ1v) is 8.10. The Hall–Kier alpha value is -2.62. The van der Waals surface area contributed by atoms with Crippen molar-refractivity contribution in [2.45, 2.75) is 20.3 Å². The molecule has 1 amide bonds. The second-order valence-electron chi connectivity index (χ2n) is 7.00. The second-order valence-corrected chi connectivity index (χ2v) is 7.00. The summed E-state index contributed by atoms with van der Waals surface area (Å²) in [6.45, 7) is 5.04. The zero-order valence-electron chi connectivity index (χ0n) is 13.9. The van der Waals surface area contributed by atoms with Crippen LogP contribution in [0.1, 0.15) is 41.0 Å². The Morgan fingerprint density at radius 2 is 1.54 bits per heavy atom. The van der Waals surface area contributed by atoms with Crippen molar-refractivity contribution in [2.75, 3.05) is 6.54 Å². The molecule has 0 radical (unpaired) electrons. The number of hydrogen-bond donors (Lipinski definition) is 2. The van der Waals surface area contributed by atoms with Crippen molar-refractivity contribution in [3.05, 3.63) is 59.7 Å². The van der Waals surface area contributed by atoms with Gasteiger partial charge in [-0.1, -0.05) is 50.2 Å². The SMILES string of the molecule is CC1(C)CC1CNC(=O)c1ccccc1-c1ccccc1C(=O)O. The summed E-state index contributed by atoms with van der Waals surface area (Å²) in [6.07, 6.45) is 1.12. The van der Waals surface area contributed by atoms with Crippen molar-refractivity contribution < 1.29 is 14.7 Å². The smallest absolute Gasteiger partial charge is 0.336 e. The van der Waals surface area contributed by atoms with Crippen LogP contribution in [0.2, 0.25) is 0 Å². The van der Waals surface area contributed by atoms with Crippen LogP contribution < -0.4 is 5.32 Å². The van der Waals surface area contributed by atoms with Crippen LogP contribution >= 0.6 is 0 Å². The van der Waals surface area contributed by atoms with Gasteiger partial charge in [0.25, 0.3) is 5.91 Å². The van der Waals surface area contributed by atoms with E-state index in [-0.39, 0.29) is 11.5 Å². The van der Waals surface area contributed by atoms with Crippen molar-refractivity contribution in [1.29, 1.82) is 0 Å². The van der Waals surface area contributed by atoms with Crippen molar-refractivity contribution in [1.82, 2.24) is 5.32 Å². The predicted molar refractivity (Wildman–Crippen MR) is 93.1 cm³/mol. The fourth-order valence-corrected chi connectivity index (χ4v) is 3.06. The largest absolute Gasteiger partial charge is 0.478 e. The number of hydrogen-bond acceptors (Lipinski definition) is 2. The Balaban J connectivity index is 1.88. The quantitative estimate of drug-likeness (QED) is 0.879. The highest BCUT2D eigenvalue weighted by Crippen LogP contribution is 2.51. The van der Waals surface area contributed by atoms with E-state index in [0.29, 0.717) is 34.6 Å². The number of carboxylic acid groups (broad SMARTS) is 1. The van der Waals surface area contributed by atoms with Crippen LogP contribution in [0.3, 0.4) is 0 Å². The first-order chi connectivity index (χ1) is 11.4. The lowest BCUT2D eigenvalue weighted by molar-refractivity contribution is 0.0697. The Kier molecular flexibility index (Phi) is 4.14. The minimum atomic E-state index is -0.999. The molecule has 1 aliphatic rings. The van der Waals surface area contributed by atoms with Gasteiger partial charge in [-0.25, -0.2) is 4.79 Å².